The quantitative estimate of drug-likeness (QED) is 0.233. The molecule has 0 radical (unpaired) electrons. The van der Waals surface area contributed by atoms with Crippen molar-refractivity contribution in [2.45, 2.75) is 0 Å². The summed E-state index contributed by atoms with van der Waals surface area (Å²) < 4.78 is 11.0. The number of furan rings is 1. The zero-order valence-corrected chi connectivity index (χ0v) is 21.0. The lowest BCUT2D eigenvalue weighted by Gasteiger charge is -2.12. The monoisotopic (exact) mass is 498 g/mol. The number of rotatable bonds is 2. The first-order valence-corrected chi connectivity index (χ1v) is 13.3. The lowest BCUT2D eigenvalue weighted by atomic mass is 10.1. The Kier molecular flexibility index (Phi) is 4.05. The van der Waals surface area contributed by atoms with Gasteiger partial charge in [0.15, 0.2) is 0 Å². The number of aromatic nitrogens is 2. The molecule has 0 amide bonds. The molecule has 3 heteroatoms. The molecule has 9 rings (SSSR count). The Morgan fingerprint density at radius 3 is 1.49 bits per heavy atom. The van der Waals surface area contributed by atoms with Crippen LogP contribution in [0.5, 0.6) is 0 Å². The number of nitrogens with zero attached hydrogens (tertiary/aromatic N) is 2. The molecule has 182 valence electrons. The average Bonchev–Trinajstić information content (AvgIpc) is 3.63. The highest BCUT2D eigenvalue weighted by Crippen LogP contribution is 2.39. The van der Waals surface area contributed by atoms with Gasteiger partial charge >= 0.3 is 0 Å². The van der Waals surface area contributed by atoms with Crippen LogP contribution in [0, 0.1) is 0 Å². The van der Waals surface area contributed by atoms with Crippen LogP contribution in [0.1, 0.15) is 0 Å². The lowest BCUT2D eigenvalue weighted by molar-refractivity contribution is 0.669. The number of fused-ring (bicyclic) bond motifs is 9. The summed E-state index contributed by atoms with van der Waals surface area (Å²) in [5.74, 6) is 0. The zero-order chi connectivity index (χ0) is 25.5. The Hall–Kier alpha value is -5.28. The molecule has 6 aromatic carbocycles. The van der Waals surface area contributed by atoms with Gasteiger partial charge in [0.05, 0.1) is 22.1 Å². The van der Waals surface area contributed by atoms with Crippen molar-refractivity contribution in [2.24, 2.45) is 0 Å². The maximum absolute atomic E-state index is 6.26. The van der Waals surface area contributed by atoms with E-state index in [2.05, 4.69) is 130 Å². The van der Waals surface area contributed by atoms with Gasteiger partial charge in [-0.3, -0.25) is 0 Å². The maximum Gasteiger partial charge on any atom is 0.136 e. The predicted molar refractivity (Wildman–Crippen MR) is 162 cm³/mol. The molecule has 3 nitrogen and oxygen atoms in total. The van der Waals surface area contributed by atoms with Gasteiger partial charge in [0, 0.05) is 43.7 Å². The minimum absolute atomic E-state index is 0.921. The summed E-state index contributed by atoms with van der Waals surface area (Å²) in [6, 6.07) is 47.7. The van der Waals surface area contributed by atoms with E-state index < -0.39 is 0 Å². The van der Waals surface area contributed by atoms with Gasteiger partial charge < -0.3 is 13.6 Å². The van der Waals surface area contributed by atoms with E-state index in [1.54, 1.807) is 0 Å². The third kappa shape index (κ3) is 2.82. The molecule has 0 saturated heterocycles. The third-order valence-corrected chi connectivity index (χ3v) is 8.10. The van der Waals surface area contributed by atoms with Gasteiger partial charge in [-0.15, -0.1) is 0 Å². The fourth-order valence-corrected chi connectivity index (χ4v) is 6.44. The summed E-state index contributed by atoms with van der Waals surface area (Å²) in [6.45, 7) is 0. The summed E-state index contributed by atoms with van der Waals surface area (Å²) in [7, 11) is 0. The van der Waals surface area contributed by atoms with Gasteiger partial charge in [0.25, 0.3) is 0 Å². The molecule has 39 heavy (non-hydrogen) atoms. The van der Waals surface area contributed by atoms with Crippen LogP contribution < -0.4 is 0 Å². The van der Waals surface area contributed by atoms with Crippen molar-refractivity contribution in [3.05, 3.63) is 133 Å². The molecule has 0 bridgehead atoms. The standard InChI is InChI=1S/C36H22N2O/c1-5-16-31-25(12-1)26-13-2-6-17-32(26)37(31)23-10-9-11-24(20-23)38-33-18-7-3-14-27(33)29-22-36-30(21-34(29)38)28-15-4-8-19-35(28)39-36/h1-22H. The molecule has 9 aromatic rings. The average molecular weight is 499 g/mol. The topological polar surface area (TPSA) is 23.0 Å². The highest BCUT2D eigenvalue weighted by Gasteiger charge is 2.17. The molecule has 0 aliphatic rings. The summed E-state index contributed by atoms with van der Waals surface area (Å²) in [6.07, 6.45) is 0. The first-order chi connectivity index (χ1) is 19.3. The van der Waals surface area contributed by atoms with Crippen LogP contribution in [0.4, 0.5) is 0 Å². The van der Waals surface area contributed by atoms with Gasteiger partial charge in [-0.2, -0.15) is 0 Å². The Morgan fingerprint density at radius 1 is 0.333 bits per heavy atom. The molecule has 0 aliphatic heterocycles. The fraction of sp³-hybridized carbons (Fsp3) is 0. The van der Waals surface area contributed by atoms with E-state index in [0.717, 1.165) is 33.3 Å². The largest absolute Gasteiger partial charge is 0.456 e. The van der Waals surface area contributed by atoms with Gasteiger partial charge in [-0.05, 0) is 54.6 Å². The summed E-state index contributed by atoms with van der Waals surface area (Å²) in [5, 5.41) is 7.23. The zero-order valence-electron chi connectivity index (χ0n) is 21.0. The Morgan fingerprint density at radius 2 is 0.846 bits per heavy atom. The Labute approximate surface area is 223 Å². The lowest BCUT2D eigenvalue weighted by Crippen LogP contribution is -1.98. The van der Waals surface area contributed by atoms with Crippen molar-refractivity contribution >= 4 is 65.6 Å². The minimum atomic E-state index is 0.921. The maximum atomic E-state index is 6.26. The van der Waals surface area contributed by atoms with Crippen molar-refractivity contribution in [1.82, 2.24) is 9.13 Å². The van der Waals surface area contributed by atoms with Gasteiger partial charge in [-0.1, -0.05) is 78.9 Å². The molecule has 0 N–H and O–H groups in total. The molecular formula is C36H22N2O. The molecule has 0 fully saturated rings. The number of hydrogen-bond acceptors (Lipinski definition) is 1. The van der Waals surface area contributed by atoms with E-state index in [9.17, 15) is 0 Å². The van der Waals surface area contributed by atoms with Crippen LogP contribution in [0.2, 0.25) is 0 Å². The minimum Gasteiger partial charge on any atom is -0.456 e. The second-order valence-electron chi connectivity index (χ2n) is 10.2. The normalized spacial score (nSPS) is 12.1. The van der Waals surface area contributed by atoms with Gasteiger partial charge in [0.2, 0.25) is 0 Å². The van der Waals surface area contributed by atoms with E-state index in [1.807, 2.05) is 12.1 Å². The second-order valence-corrected chi connectivity index (χ2v) is 10.2. The van der Waals surface area contributed by atoms with Crippen LogP contribution in [-0.2, 0) is 0 Å². The van der Waals surface area contributed by atoms with E-state index in [4.69, 9.17) is 4.42 Å². The van der Waals surface area contributed by atoms with Crippen LogP contribution in [0.15, 0.2) is 138 Å². The Balaban J connectivity index is 1.37. The molecule has 3 aromatic heterocycles. The van der Waals surface area contributed by atoms with E-state index in [1.165, 1.54) is 43.6 Å². The van der Waals surface area contributed by atoms with Crippen LogP contribution in [0.3, 0.4) is 0 Å². The molecule has 0 spiro atoms. The van der Waals surface area contributed by atoms with Crippen molar-refractivity contribution in [2.75, 3.05) is 0 Å². The summed E-state index contributed by atoms with van der Waals surface area (Å²) in [5.41, 5.74) is 8.90. The third-order valence-electron chi connectivity index (χ3n) is 8.10. The van der Waals surface area contributed by atoms with Crippen LogP contribution in [-0.4, -0.2) is 9.13 Å². The number of para-hydroxylation sites is 4. The van der Waals surface area contributed by atoms with Crippen molar-refractivity contribution in [3.8, 4) is 11.4 Å². The van der Waals surface area contributed by atoms with Gasteiger partial charge in [0.1, 0.15) is 11.2 Å². The van der Waals surface area contributed by atoms with Crippen molar-refractivity contribution in [1.29, 1.82) is 0 Å². The van der Waals surface area contributed by atoms with Crippen molar-refractivity contribution in [3.63, 3.8) is 0 Å². The fourth-order valence-electron chi connectivity index (χ4n) is 6.44. The Bertz CT molecular complexity index is 2350. The molecule has 3 heterocycles. The van der Waals surface area contributed by atoms with Crippen molar-refractivity contribution < 1.29 is 4.42 Å². The molecular weight excluding hydrogens is 476 g/mol. The summed E-state index contributed by atoms with van der Waals surface area (Å²) >= 11 is 0. The number of benzene rings is 6. The van der Waals surface area contributed by atoms with E-state index in [-0.39, 0.29) is 0 Å². The molecule has 0 aliphatic carbocycles. The van der Waals surface area contributed by atoms with Crippen LogP contribution >= 0.6 is 0 Å². The number of hydrogen-bond donors (Lipinski definition) is 0. The van der Waals surface area contributed by atoms with Crippen LogP contribution in [0.25, 0.3) is 76.9 Å². The molecule has 0 atom stereocenters. The first kappa shape index (κ1) is 20.7. The summed E-state index contributed by atoms with van der Waals surface area (Å²) in [4.78, 5) is 0. The molecule has 0 unspecified atom stereocenters. The predicted octanol–water partition coefficient (Wildman–Crippen LogP) is 9.78. The van der Waals surface area contributed by atoms with E-state index >= 15 is 0 Å². The SMILES string of the molecule is c1cc(-n2c3ccccc3c3ccccc32)cc(-n2c3ccccc3c3cc4oc5ccccc5c4cc32)c1. The van der Waals surface area contributed by atoms with E-state index in [0.29, 0.717) is 0 Å². The highest BCUT2D eigenvalue weighted by atomic mass is 16.3. The highest BCUT2D eigenvalue weighted by molar-refractivity contribution is 6.17. The first-order valence-electron chi connectivity index (χ1n) is 13.3. The second kappa shape index (κ2) is 7.62. The van der Waals surface area contributed by atoms with Gasteiger partial charge in [-0.25, -0.2) is 0 Å². The smallest absolute Gasteiger partial charge is 0.136 e. The molecule has 0 saturated carbocycles.